The van der Waals surface area contributed by atoms with E-state index in [4.69, 9.17) is 0 Å². The van der Waals surface area contributed by atoms with Gasteiger partial charge < -0.3 is 5.32 Å². The number of fused-ring (bicyclic) bond motifs is 1. The van der Waals surface area contributed by atoms with E-state index in [2.05, 4.69) is 16.4 Å². The first kappa shape index (κ1) is 23.6. The Bertz CT molecular complexity index is 1220. The second-order valence-corrected chi connectivity index (χ2v) is 10.9. The van der Waals surface area contributed by atoms with Gasteiger partial charge in [-0.1, -0.05) is 18.1 Å². The summed E-state index contributed by atoms with van der Waals surface area (Å²) in [5, 5.41) is 3.40. The molecule has 33 heavy (non-hydrogen) atoms. The molecule has 1 atom stereocenters. The van der Waals surface area contributed by atoms with Crippen LogP contribution < -0.4 is 11.0 Å². The third-order valence-corrected chi connectivity index (χ3v) is 8.65. The van der Waals surface area contributed by atoms with Crippen LogP contribution >= 0.6 is 0 Å². The zero-order valence-corrected chi connectivity index (χ0v) is 19.9. The van der Waals surface area contributed by atoms with Crippen LogP contribution in [0.3, 0.4) is 0 Å². The summed E-state index contributed by atoms with van der Waals surface area (Å²) in [4.78, 5) is 29.0. The molecule has 0 unspecified atom stereocenters. The number of carbonyl (C=O) groups excluding carboxylic acids is 1. The Hall–Kier alpha value is -2.52. The number of allylic oxidation sites excluding steroid dienone is 1. The van der Waals surface area contributed by atoms with Crippen LogP contribution in [0.15, 0.2) is 45.7 Å². The summed E-state index contributed by atoms with van der Waals surface area (Å²) in [5.41, 5.74) is 1.33. The van der Waals surface area contributed by atoms with Gasteiger partial charge in [-0.15, -0.1) is 0 Å². The molecule has 1 aliphatic carbocycles. The van der Waals surface area contributed by atoms with Crippen molar-refractivity contribution in [2.24, 2.45) is 0 Å². The first-order chi connectivity index (χ1) is 15.9. The molecule has 0 radical (unpaired) electrons. The maximum Gasteiger partial charge on any atom is 0.348 e. The van der Waals surface area contributed by atoms with E-state index in [-0.39, 0.29) is 23.4 Å². The number of nitrogens with one attached hydrogen (secondary N) is 1. The van der Waals surface area contributed by atoms with Crippen LogP contribution in [0.1, 0.15) is 58.3 Å². The molecule has 1 amide bonds. The summed E-state index contributed by atoms with van der Waals surface area (Å²) in [6.45, 7) is 2.82. The lowest BCUT2D eigenvalue weighted by atomic mass is 9.97. The second kappa shape index (κ2) is 10.2. The molecule has 178 valence electrons. The zero-order valence-electron chi connectivity index (χ0n) is 19.1. The highest BCUT2D eigenvalue weighted by atomic mass is 32.2. The Balaban J connectivity index is 1.51. The maximum atomic E-state index is 13.2. The number of benzene rings is 1. The van der Waals surface area contributed by atoms with Crippen LogP contribution in [0.4, 0.5) is 0 Å². The van der Waals surface area contributed by atoms with Crippen molar-refractivity contribution in [3.8, 4) is 0 Å². The molecule has 2 aromatic rings. The molecular weight excluding hydrogens is 440 g/mol. The molecular formula is C24H32N4O4S. The Labute approximate surface area is 194 Å². The van der Waals surface area contributed by atoms with E-state index >= 15 is 0 Å². The summed E-state index contributed by atoms with van der Waals surface area (Å²) >= 11 is 0. The van der Waals surface area contributed by atoms with E-state index in [9.17, 15) is 18.0 Å². The molecule has 1 fully saturated rings. The fraction of sp³-hybridized carbons (Fsp3) is 0.542. The number of rotatable bonds is 7. The predicted molar refractivity (Wildman–Crippen MR) is 127 cm³/mol. The number of amides is 1. The van der Waals surface area contributed by atoms with Crippen LogP contribution in [-0.4, -0.2) is 47.3 Å². The van der Waals surface area contributed by atoms with Crippen molar-refractivity contribution in [1.82, 2.24) is 19.2 Å². The molecule has 1 saturated heterocycles. The maximum absolute atomic E-state index is 13.2. The van der Waals surface area contributed by atoms with E-state index in [1.807, 2.05) is 6.92 Å². The van der Waals surface area contributed by atoms with Crippen LogP contribution in [0, 0.1) is 0 Å². The summed E-state index contributed by atoms with van der Waals surface area (Å²) < 4.78 is 29.2. The molecule has 9 heteroatoms. The van der Waals surface area contributed by atoms with Crippen LogP contribution in [0.5, 0.6) is 0 Å². The van der Waals surface area contributed by atoms with Crippen LogP contribution in [-0.2, 0) is 21.4 Å². The molecule has 0 saturated carbocycles. The summed E-state index contributed by atoms with van der Waals surface area (Å²) in [7, 11) is -3.64. The number of hydrogen-bond donors (Lipinski definition) is 1. The molecule has 1 aromatic heterocycles. The standard InChI is InChI=1S/C24H32N4O4S/c1-18-7-5-6-14-28(18)33(31,32)21-10-11-22-20(15-21)16-26-24(30)27(22)17-23(29)25-13-12-19-8-3-2-4-9-19/h8,10-11,15-16,18H,2-7,9,12-14,17H2,1H3,(H,25,29)/t18-/m1/s1. The highest BCUT2D eigenvalue weighted by Gasteiger charge is 2.31. The quantitative estimate of drug-likeness (QED) is 0.625. The fourth-order valence-corrected chi connectivity index (χ4v) is 6.49. The number of sulfonamides is 1. The van der Waals surface area contributed by atoms with E-state index < -0.39 is 15.7 Å². The van der Waals surface area contributed by atoms with E-state index in [0.717, 1.165) is 38.5 Å². The van der Waals surface area contributed by atoms with Gasteiger partial charge in [0, 0.05) is 30.7 Å². The summed E-state index contributed by atoms with van der Waals surface area (Å²) in [6, 6.07) is 4.62. The van der Waals surface area contributed by atoms with Crippen molar-refractivity contribution in [3.63, 3.8) is 0 Å². The van der Waals surface area contributed by atoms with Crippen molar-refractivity contribution in [2.45, 2.75) is 75.8 Å². The highest BCUT2D eigenvalue weighted by molar-refractivity contribution is 7.89. The molecule has 0 spiro atoms. The second-order valence-electron chi connectivity index (χ2n) is 9.02. The summed E-state index contributed by atoms with van der Waals surface area (Å²) in [6.07, 6.45) is 11.8. The van der Waals surface area contributed by atoms with Crippen LogP contribution in [0.25, 0.3) is 10.9 Å². The van der Waals surface area contributed by atoms with Crippen molar-refractivity contribution < 1.29 is 13.2 Å². The first-order valence-corrected chi connectivity index (χ1v) is 13.3. The highest BCUT2D eigenvalue weighted by Crippen LogP contribution is 2.27. The summed E-state index contributed by atoms with van der Waals surface area (Å²) in [5.74, 6) is -0.262. The van der Waals surface area contributed by atoms with Crippen molar-refractivity contribution >= 4 is 26.8 Å². The van der Waals surface area contributed by atoms with Crippen molar-refractivity contribution in [2.75, 3.05) is 13.1 Å². The molecule has 1 N–H and O–H groups in total. The minimum absolute atomic E-state index is 0.0420. The average Bonchev–Trinajstić information content (AvgIpc) is 2.81. The van der Waals surface area contributed by atoms with Gasteiger partial charge in [-0.05, 0) is 70.1 Å². The van der Waals surface area contributed by atoms with Gasteiger partial charge >= 0.3 is 5.69 Å². The normalized spacial score (nSPS) is 19.9. The molecule has 2 aliphatic rings. The smallest absolute Gasteiger partial charge is 0.348 e. The predicted octanol–water partition coefficient (Wildman–Crippen LogP) is 2.97. The monoisotopic (exact) mass is 472 g/mol. The van der Waals surface area contributed by atoms with E-state index in [0.29, 0.717) is 24.0 Å². The largest absolute Gasteiger partial charge is 0.354 e. The molecule has 1 aromatic carbocycles. The molecule has 1 aliphatic heterocycles. The van der Waals surface area contributed by atoms with Gasteiger partial charge in [-0.25, -0.2) is 18.2 Å². The SMILES string of the molecule is C[C@@H]1CCCCN1S(=O)(=O)c1ccc2c(cnc(=O)n2CC(=O)NCCC2=CCCCC2)c1. The number of carbonyl (C=O) groups is 1. The lowest BCUT2D eigenvalue weighted by molar-refractivity contribution is -0.121. The molecule has 0 bridgehead atoms. The van der Waals surface area contributed by atoms with E-state index in [1.54, 1.807) is 16.4 Å². The molecule has 4 rings (SSSR count). The minimum atomic E-state index is -3.64. The number of piperidine rings is 1. The Morgan fingerprint density at radius 3 is 2.82 bits per heavy atom. The molecule has 2 heterocycles. The van der Waals surface area contributed by atoms with E-state index in [1.165, 1.54) is 35.2 Å². The van der Waals surface area contributed by atoms with Gasteiger partial charge in [-0.2, -0.15) is 4.31 Å². The van der Waals surface area contributed by atoms with Gasteiger partial charge in [0.15, 0.2) is 0 Å². The third-order valence-electron chi connectivity index (χ3n) is 6.64. The van der Waals surface area contributed by atoms with Gasteiger partial charge in [0.1, 0.15) is 6.54 Å². The number of hydrogen-bond acceptors (Lipinski definition) is 5. The molecule has 8 nitrogen and oxygen atoms in total. The zero-order chi connectivity index (χ0) is 23.4. The average molecular weight is 473 g/mol. The minimum Gasteiger partial charge on any atom is -0.354 e. The van der Waals surface area contributed by atoms with Crippen molar-refractivity contribution in [3.05, 3.63) is 46.5 Å². The van der Waals surface area contributed by atoms with Gasteiger partial charge in [0.05, 0.1) is 10.4 Å². The lowest BCUT2D eigenvalue weighted by Crippen LogP contribution is -2.41. The number of aromatic nitrogens is 2. The number of nitrogens with zero attached hydrogens (tertiary/aromatic N) is 3. The van der Waals surface area contributed by atoms with Gasteiger partial charge in [0.2, 0.25) is 15.9 Å². The van der Waals surface area contributed by atoms with Crippen molar-refractivity contribution in [1.29, 1.82) is 0 Å². The Morgan fingerprint density at radius 2 is 2.06 bits per heavy atom. The van der Waals surface area contributed by atoms with Crippen LogP contribution in [0.2, 0.25) is 0 Å². The first-order valence-electron chi connectivity index (χ1n) is 11.8. The fourth-order valence-electron chi connectivity index (χ4n) is 4.75. The topological polar surface area (TPSA) is 101 Å². The van der Waals surface area contributed by atoms with Gasteiger partial charge in [-0.3, -0.25) is 9.36 Å². The third kappa shape index (κ3) is 5.35. The Morgan fingerprint density at radius 1 is 1.21 bits per heavy atom. The Kier molecular flexibility index (Phi) is 7.29. The van der Waals surface area contributed by atoms with Gasteiger partial charge in [0.25, 0.3) is 0 Å². The lowest BCUT2D eigenvalue weighted by Gasteiger charge is -2.32.